The Morgan fingerprint density at radius 2 is 1.91 bits per heavy atom. The summed E-state index contributed by atoms with van der Waals surface area (Å²) >= 11 is 1.16. The summed E-state index contributed by atoms with van der Waals surface area (Å²) in [6, 6.07) is 8.57. The number of carbonyl (C=O) groups is 1. The largest absolute Gasteiger partial charge is 0.419 e. The van der Waals surface area contributed by atoms with Crippen molar-refractivity contribution in [1.29, 1.82) is 0 Å². The summed E-state index contributed by atoms with van der Waals surface area (Å²) in [5.74, 6) is -2.36. The zero-order valence-corrected chi connectivity index (χ0v) is 17.9. The zero-order chi connectivity index (χ0) is 23.3. The van der Waals surface area contributed by atoms with Gasteiger partial charge in [0, 0.05) is 23.4 Å². The monoisotopic (exact) mass is 488 g/mol. The fourth-order valence-corrected chi connectivity index (χ4v) is 6.17. The minimum atomic E-state index is -4.94. The smallest absolute Gasteiger partial charge is 0.371 e. The molecule has 0 unspecified atom stereocenters. The van der Waals surface area contributed by atoms with Gasteiger partial charge in [-0.05, 0) is 29.7 Å². The number of primary amides is 1. The van der Waals surface area contributed by atoms with Crippen LogP contribution in [0.5, 0.6) is 0 Å². The molecule has 1 atom stereocenters. The highest BCUT2D eigenvalue weighted by molar-refractivity contribution is 7.89. The van der Waals surface area contributed by atoms with E-state index in [2.05, 4.69) is 0 Å². The number of halogens is 4. The van der Waals surface area contributed by atoms with E-state index in [1.54, 1.807) is 24.3 Å². The lowest BCUT2D eigenvalue weighted by atomic mass is 10.0. The number of hydrogen-bond donors (Lipinski definition) is 1. The molecule has 2 aromatic carbocycles. The van der Waals surface area contributed by atoms with Crippen molar-refractivity contribution in [3.8, 4) is 0 Å². The van der Waals surface area contributed by atoms with Gasteiger partial charge in [0.15, 0.2) is 0 Å². The zero-order valence-electron chi connectivity index (χ0n) is 16.2. The number of nitrogens with two attached hydrogens (primary N) is 1. The molecule has 3 aromatic rings. The molecule has 4 rings (SSSR count). The Bertz CT molecular complexity index is 1300. The Labute approximate surface area is 184 Å². The van der Waals surface area contributed by atoms with Gasteiger partial charge in [-0.2, -0.15) is 17.5 Å². The van der Waals surface area contributed by atoms with Crippen molar-refractivity contribution in [2.75, 3.05) is 19.7 Å². The van der Waals surface area contributed by atoms with Crippen LogP contribution < -0.4 is 5.73 Å². The van der Waals surface area contributed by atoms with Crippen LogP contribution in [0.15, 0.2) is 47.4 Å². The number of carbonyl (C=O) groups excluding carboxylic acids is 1. The fourth-order valence-electron chi connectivity index (χ4n) is 3.62. The molecular weight excluding hydrogens is 472 g/mol. The van der Waals surface area contributed by atoms with Gasteiger partial charge in [-0.25, -0.2) is 12.8 Å². The molecule has 1 aliphatic heterocycles. The molecular formula is C20H16F4N2O4S2. The van der Waals surface area contributed by atoms with Crippen LogP contribution >= 0.6 is 11.3 Å². The molecule has 1 saturated heterocycles. The predicted molar refractivity (Wildman–Crippen MR) is 109 cm³/mol. The summed E-state index contributed by atoms with van der Waals surface area (Å²) < 4.78 is 86.0. The maximum absolute atomic E-state index is 14.0. The van der Waals surface area contributed by atoms with Gasteiger partial charge < -0.3 is 10.5 Å². The van der Waals surface area contributed by atoms with Crippen molar-refractivity contribution < 1.29 is 35.5 Å². The number of alkyl halides is 3. The van der Waals surface area contributed by atoms with Crippen LogP contribution in [0.4, 0.5) is 17.6 Å². The first-order valence-electron chi connectivity index (χ1n) is 9.30. The Hall–Kier alpha value is -2.54. The third-order valence-corrected chi connectivity index (χ3v) is 8.15. The van der Waals surface area contributed by atoms with Crippen molar-refractivity contribution in [2.45, 2.75) is 17.2 Å². The van der Waals surface area contributed by atoms with Gasteiger partial charge >= 0.3 is 6.18 Å². The summed E-state index contributed by atoms with van der Waals surface area (Å²) in [5.41, 5.74) is 4.42. The van der Waals surface area contributed by atoms with E-state index < -0.39 is 44.5 Å². The Morgan fingerprint density at radius 1 is 1.19 bits per heavy atom. The summed E-state index contributed by atoms with van der Waals surface area (Å²) in [6.45, 7) is -0.336. The minimum absolute atomic E-state index is 0.0324. The quantitative estimate of drug-likeness (QED) is 0.564. The van der Waals surface area contributed by atoms with Crippen molar-refractivity contribution >= 4 is 37.4 Å². The van der Waals surface area contributed by atoms with Crippen molar-refractivity contribution in [3.05, 3.63) is 64.3 Å². The molecule has 0 bridgehead atoms. The predicted octanol–water partition coefficient (Wildman–Crippen LogP) is 3.92. The molecule has 6 nitrogen and oxygen atoms in total. The lowest BCUT2D eigenvalue weighted by Gasteiger charge is -2.32. The fraction of sp³-hybridized carbons (Fsp3) is 0.250. The average Bonchev–Trinajstić information content (AvgIpc) is 3.13. The van der Waals surface area contributed by atoms with Crippen LogP contribution in [0.3, 0.4) is 0 Å². The molecule has 2 N–H and O–H groups in total. The highest BCUT2D eigenvalue weighted by Crippen LogP contribution is 2.39. The molecule has 1 aliphatic rings. The molecule has 170 valence electrons. The highest BCUT2D eigenvalue weighted by atomic mass is 32.2. The van der Waals surface area contributed by atoms with Gasteiger partial charge in [0.25, 0.3) is 5.91 Å². The second kappa shape index (κ2) is 8.10. The minimum Gasteiger partial charge on any atom is -0.371 e. The Kier molecular flexibility index (Phi) is 5.74. The highest BCUT2D eigenvalue weighted by Gasteiger charge is 2.37. The SMILES string of the molecule is NC(=O)c1sc2ccccc2c1[C@@H]1CN(S(=O)(=O)c2ccc(C(F)(F)F)c(F)c2)CCO1. The summed E-state index contributed by atoms with van der Waals surface area (Å²) in [7, 11) is -4.32. The molecule has 0 aliphatic carbocycles. The molecule has 0 saturated carbocycles. The number of benzene rings is 2. The molecule has 12 heteroatoms. The number of fused-ring (bicyclic) bond motifs is 1. The van der Waals surface area contributed by atoms with Crippen LogP contribution in [0.25, 0.3) is 10.1 Å². The van der Waals surface area contributed by atoms with Crippen LogP contribution in [0.2, 0.25) is 0 Å². The molecule has 32 heavy (non-hydrogen) atoms. The number of ether oxygens (including phenoxy) is 1. The van der Waals surface area contributed by atoms with Crippen LogP contribution in [0.1, 0.15) is 26.9 Å². The van der Waals surface area contributed by atoms with Crippen LogP contribution in [0, 0.1) is 5.82 Å². The van der Waals surface area contributed by atoms with Gasteiger partial charge in [0.2, 0.25) is 10.0 Å². The summed E-state index contributed by atoms with van der Waals surface area (Å²) in [4.78, 5) is 11.6. The Balaban J connectivity index is 1.70. The number of thiophene rings is 1. The van der Waals surface area contributed by atoms with Gasteiger partial charge in [-0.3, -0.25) is 4.79 Å². The molecule has 1 fully saturated rings. The van der Waals surface area contributed by atoms with E-state index in [9.17, 15) is 30.8 Å². The standard InChI is InChI=1S/C20H16F4N2O4S2/c21-14-9-11(5-6-13(14)20(22,23)24)32(28,29)26-7-8-30-15(10-26)17-12-3-1-2-4-16(12)31-18(17)19(25)27/h1-6,9,15H,7-8,10H2,(H2,25,27)/t15-/m0/s1. The van der Waals surface area contributed by atoms with Gasteiger partial charge in [0.1, 0.15) is 5.82 Å². The van der Waals surface area contributed by atoms with Crippen LogP contribution in [-0.2, 0) is 20.9 Å². The summed E-state index contributed by atoms with van der Waals surface area (Å²) in [5, 5.41) is 0.691. The van der Waals surface area contributed by atoms with E-state index in [-0.39, 0.29) is 24.6 Å². The number of sulfonamides is 1. The average molecular weight is 488 g/mol. The van der Waals surface area contributed by atoms with E-state index in [0.717, 1.165) is 26.4 Å². The number of rotatable bonds is 4. The first kappa shape index (κ1) is 22.6. The first-order valence-corrected chi connectivity index (χ1v) is 11.6. The molecule has 1 amide bonds. The van der Waals surface area contributed by atoms with E-state index >= 15 is 0 Å². The molecule has 1 aromatic heterocycles. The number of hydrogen-bond acceptors (Lipinski definition) is 5. The molecule has 0 radical (unpaired) electrons. The van der Waals surface area contributed by atoms with Crippen LogP contribution in [-0.4, -0.2) is 38.3 Å². The second-order valence-corrected chi connectivity index (χ2v) is 10.1. The summed E-state index contributed by atoms with van der Waals surface area (Å²) in [6.07, 6.45) is -5.78. The van der Waals surface area contributed by atoms with E-state index in [1.807, 2.05) is 0 Å². The normalized spacial score (nSPS) is 18.2. The third kappa shape index (κ3) is 3.98. The first-order chi connectivity index (χ1) is 15.0. The van der Waals surface area contributed by atoms with Gasteiger partial charge in [-0.15, -0.1) is 11.3 Å². The van der Waals surface area contributed by atoms with E-state index in [0.29, 0.717) is 23.1 Å². The maximum atomic E-state index is 14.0. The Morgan fingerprint density at radius 3 is 2.56 bits per heavy atom. The van der Waals surface area contributed by atoms with Gasteiger partial charge in [0.05, 0.1) is 28.0 Å². The van der Waals surface area contributed by atoms with Crippen molar-refractivity contribution in [3.63, 3.8) is 0 Å². The molecule has 2 heterocycles. The number of nitrogens with zero attached hydrogens (tertiary/aromatic N) is 1. The van der Waals surface area contributed by atoms with E-state index in [1.165, 1.54) is 0 Å². The van der Waals surface area contributed by atoms with Crippen molar-refractivity contribution in [2.24, 2.45) is 5.73 Å². The third-order valence-electron chi connectivity index (χ3n) is 5.09. The number of amides is 1. The second-order valence-electron chi connectivity index (χ2n) is 7.07. The van der Waals surface area contributed by atoms with Crippen molar-refractivity contribution in [1.82, 2.24) is 4.31 Å². The van der Waals surface area contributed by atoms with E-state index in [4.69, 9.17) is 10.5 Å². The lowest BCUT2D eigenvalue weighted by Crippen LogP contribution is -2.42. The topological polar surface area (TPSA) is 89.7 Å². The number of morpholine rings is 1. The van der Waals surface area contributed by atoms with Gasteiger partial charge in [-0.1, -0.05) is 18.2 Å². The lowest BCUT2D eigenvalue weighted by molar-refractivity contribution is -0.140. The molecule has 0 spiro atoms. The maximum Gasteiger partial charge on any atom is 0.419 e.